The van der Waals surface area contributed by atoms with Crippen LogP contribution >= 0.6 is 0 Å². The Balaban J connectivity index is 2.01. The lowest BCUT2D eigenvalue weighted by molar-refractivity contribution is -0.302. The Kier molecular flexibility index (Phi) is 50.4. The third-order valence-corrected chi connectivity index (χ3v) is 15.1. The van der Waals surface area contributed by atoms with Crippen molar-refractivity contribution in [3.8, 4) is 0 Å². The lowest BCUT2D eigenvalue weighted by atomic mass is 9.99. The molecule has 0 aromatic carbocycles. The smallest absolute Gasteiger partial charge is 0.305 e. The van der Waals surface area contributed by atoms with Crippen LogP contribution < -0.4 is 5.32 Å². The van der Waals surface area contributed by atoms with Crippen molar-refractivity contribution in [3.05, 3.63) is 24.3 Å². The van der Waals surface area contributed by atoms with E-state index < -0.39 is 49.5 Å². The first-order valence-electron chi connectivity index (χ1n) is 31.6. The van der Waals surface area contributed by atoms with Gasteiger partial charge in [0.25, 0.3) is 0 Å². The number of allylic oxidation sites excluding steroid dienone is 3. The summed E-state index contributed by atoms with van der Waals surface area (Å²) in [5.41, 5.74) is 0. The Hall–Kier alpha value is -1.86. The van der Waals surface area contributed by atoms with Crippen LogP contribution in [0.15, 0.2) is 24.3 Å². The van der Waals surface area contributed by atoms with Gasteiger partial charge < -0.3 is 45.1 Å². The van der Waals surface area contributed by atoms with E-state index in [0.717, 1.165) is 57.8 Å². The number of rotatable bonds is 55. The lowest BCUT2D eigenvalue weighted by Crippen LogP contribution is -2.60. The van der Waals surface area contributed by atoms with E-state index in [1.54, 1.807) is 6.08 Å². The van der Waals surface area contributed by atoms with Crippen molar-refractivity contribution >= 4 is 11.9 Å². The van der Waals surface area contributed by atoms with Gasteiger partial charge in [-0.2, -0.15) is 0 Å². The topological polar surface area (TPSA) is 175 Å². The Morgan fingerprint density at radius 1 is 0.486 bits per heavy atom. The van der Waals surface area contributed by atoms with Crippen LogP contribution in [0.1, 0.15) is 303 Å². The fourth-order valence-corrected chi connectivity index (χ4v) is 10.0. The summed E-state index contributed by atoms with van der Waals surface area (Å²) in [6.45, 7) is 4.32. The molecule has 7 atom stereocenters. The van der Waals surface area contributed by atoms with Crippen LogP contribution in [0.25, 0.3) is 0 Å². The van der Waals surface area contributed by atoms with Gasteiger partial charge in [-0.1, -0.05) is 269 Å². The molecule has 0 radical (unpaired) electrons. The van der Waals surface area contributed by atoms with Crippen molar-refractivity contribution in [2.75, 3.05) is 19.8 Å². The van der Waals surface area contributed by atoms with Crippen molar-refractivity contribution in [1.29, 1.82) is 0 Å². The molecular formula is C63H119NO10. The van der Waals surface area contributed by atoms with Gasteiger partial charge in [0.05, 0.1) is 32.0 Å². The third-order valence-electron chi connectivity index (χ3n) is 15.1. The number of aliphatic hydroxyl groups is 5. The highest BCUT2D eigenvalue weighted by molar-refractivity contribution is 5.76. The van der Waals surface area contributed by atoms with E-state index >= 15 is 0 Å². The zero-order chi connectivity index (χ0) is 53.8. The predicted molar refractivity (Wildman–Crippen MR) is 306 cm³/mol. The van der Waals surface area contributed by atoms with E-state index in [1.165, 1.54) is 218 Å². The Bertz CT molecular complexity index is 1280. The second kappa shape index (κ2) is 53.2. The molecule has 0 aromatic heterocycles. The van der Waals surface area contributed by atoms with Crippen LogP contribution in [-0.2, 0) is 23.8 Å². The summed E-state index contributed by atoms with van der Waals surface area (Å²) in [5.74, 6) is -0.187. The van der Waals surface area contributed by atoms with Crippen molar-refractivity contribution in [2.24, 2.45) is 0 Å². The molecule has 11 heteroatoms. The standard InChI is InChI=1S/C63H119NO10/c1-3-5-7-9-11-13-29-33-37-41-45-49-56(66)55(54-73-63-62(71)61(70)60(69)57(53-65)74-63)64-58(67)50-46-42-38-34-31-27-25-23-21-19-17-15-16-18-20-22-24-26-28-32-36-40-44-48-52-72-59(68)51-47-43-39-35-30-14-12-10-8-6-4-2/h29,33,45,49,55-57,60-63,65-66,69-71H,3-28,30-32,34-44,46-48,50-54H2,1-2H3,(H,64,67)/b33-29+,49-45+. The highest BCUT2D eigenvalue weighted by Crippen LogP contribution is 2.23. The van der Waals surface area contributed by atoms with E-state index in [0.29, 0.717) is 19.4 Å². The molecular weight excluding hydrogens is 931 g/mol. The quantitative estimate of drug-likeness (QED) is 0.0195. The fraction of sp³-hybridized carbons (Fsp3) is 0.905. The molecule has 436 valence electrons. The number of hydrogen-bond acceptors (Lipinski definition) is 10. The molecule has 6 N–H and O–H groups in total. The number of aliphatic hydroxyl groups excluding tert-OH is 5. The van der Waals surface area contributed by atoms with Gasteiger partial charge in [-0.05, 0) is 44.9 Å². The SMILES string of the molecule is CCCCCCC/C=C/CC/C=C/C(O)C(COC1OC(CO)C(O)C(O)C1O)NC(=O)CCCCCCCCCCCCCCCCCCCCCCCCCCOC(=O)CCCCCCCCCCCCC. The van der Waals surface area contributed by atoms with Gasteiger partial charge in [0.1, 0.15) is 24.4 Å². The van der Waals surface area contributed by atoms with Crippen molar-refractivity contribution in [1.82, 2.24) is 5.32 Å². The first-order chi connectivity index (χ1) is 36.2. The molecule has 1 heterocycles. The summed E-state index contributed by atoms with van der Waals surface area (Å²) in [6.07, 6.45) is 54.3. The molecule has 1 saturated heterocycles. The minimum atomic E-state index is -1.57. The molecule has 0 spiro atoms. The number of ether oxygens (including phenoxy) is 3. The van der Waals surface area contributed by atoms with Crippen LogP contribution in [0.5, 0.6) is 0 Å². The fourth-order valence-electron chi connectivity index (χ4n) is 10.0. The van der Waals surface area contributed by atoms with Crippen molar-refractivity contribution in [3.63, 3.8) is 0 Å². The van der Waals surface area contributed by atoms with Crippen LogP contribution in [0.4, 0.5) is 0 Å². The number of unbranched alkanes of at least 4 members (excludes halogenated alkanes) is 39. The first-order valence-corrected chi connectivity index (χ1v) is 31.6. The van der Waals surface area contributed by atoms with Gasteiger partial charge in [-0.3, -0.25) is 9.59 Å². The van der Waals surface area contributed by atoms with E-state index in [2.05, 4.69) is 31.3 Å². The maximum atomic E-state index is 13.0. The van der Waals surface area contributed by atoms with Crippen LogP contribution in [-0.4, -0.2) is 100 Å². The highest BCUT2D eigenvalue weighted by atomic mass is 16.7. The molecule has 0 aliphatic carbocycles. The number of amides is 1. The summed E-state index contributed by atoms with van der Waals surface area (Å²) in [4.78, 5) is 25.0. The number of carbonyl (C=O) groups is 2. The second-order valence-electron chi connectivity index (χ2n) is 22.1. The number of carbonyl (C=O) groups excluding carboxylic acids is 2. The predicted octanol–water partition coefficient (Wildman–Crippen LogP) is 14.9. The third kappa shape index (κ3) is 42.2. The second-order valence-corrected chi connectivity index (χ2v) is 22.1. The maximum absolute atomic E-state index is 13.0. The molecule has 7 unspecified atom stereocenters. The molecule has 0 aromatic rings. The van der Waals surface area contributed by atoms with Gasteiger partial charge in [-0.25, -0.2) is 0 Å². The maximum Gasteiger partial charge on any atom is 0.305 e. The Labute approximate surface area is 454 Å². The molecule has 1 aliphatic heterocycles. The average molecular weight is 1050 g/mol. The van der Waals surface area contributed by atoms with E-state index in [1.807, 2.05) is 6.08 Å². The molecule has 1 rings (SSSR count). The molecule has 0 saturated carbocycles. The summed E-state index contributed by atoms with van der Waals surface area (Å²) in [5, 5.41) is 54.3. The van der Waals surface area contributed by atoms with Gasteiger partial charge in [0.15, 0.2) is 6.29 Å². The summed E-state index contributed by atoms with van der Waals surface area (Å²) in [7, 11) is 0. The Morgan fingerprint density at radius 3 is 1.34 bits per heavy atom. The number of nitrogens with one attached hydrogen (secondary N) is 1. The number of esters is 1. The normalized spacial score (nSPS) is 18.9. The van der Waals surface area contributed by atoms with E-state index in [-0.39, 0.29) is 18.5 Å². The monoisotopic (exact) mass is 1050 g/mol. The zero-order valence-electron chi connectivity index (χ0n) is 48.1. The minimum Gasteiger partial charge on any atom is -0.466 e. The number of hydrogen-bond donors (Lipinski definition) is 6. The van der Waals surface area contributed by atoms with Gasteiger partial charge >= 0.3 is 5.97 Å². The van der Waals surface area contributed by atoms with Gasteiger partial charge in [0, 0.05) is 12.8 Å². The molecule has 0 bridgehead atoms. The molecule has 74 heavy (non-hydrogen) atoms. The van der Waals surface area contributed by atoms with Crippen LogP contribution in [0.3, 0.4) is 0 Å². The molecule has 1 aliphatic rings. The van der Waals surface area contributed by atoms with E-state index in [9.17, 15) is 35.1 Å². The van der Waals surface area contributed by atoms with Gasteiger partial charge in [-0.15, -0.1) is 0 Å². The summed E-state index contributed by atoms with van der Waals surface area (Å²) < 4.78 is 16.7. The Morgan fingerprint density at radius 2 is 0.878 bits per heavy atom. The average Bonchev–Trinajstić information content (AvgIpc) is 3.40. The first kappa shape index (κ1) is 70.2. The van der Waals surface area contributed by atoms with E-state index in [4.69, 9.17) is 14.2 Å². The van der Waals surface area contributed by atoms with Gasteiger partial charge in [0.2, 0.25) is 5.91 Å². The largest absolute Gasteiger partial charge is 0.466 e. The summed E-state index contributed by atoms with van der Waals surface area (Å²) in [6, 6.07) is -0.825. The van der Waals surface area contributed by atoms with Crippen molar-refractivity contribution < 1.29 is 49.3 Å². The van der Waals surface area contributed by atoms with Crippen LogP contribution in [0, 0.1) is 0 Å². The van der Waals surface area contributed by atoms with Crippen LogP contribution in [0.2, 0.25) is 0 Å². The lowest BCUT2D eigenvalue weighted by Gasteiger charge is -2.40. The highest BCUT2D eigenvalue weighted by Gasteiger charge is 2.44. The molecule has 1 fully saturated rings. The minimum absolute atomic E-state index is 0.00379. The molecule has 11 nitrogen and oxygen atoms in total. The summed E-state index contributed by atoms with van der Waals surface area (Å²) >= 11 is 0. The zero-order valence-corrected chi connectivity index (χ0v) is 48.1. The molecule has 1 amide bonds. The van der Waals surface area contributed by atoms with Crippen molar-refractivity contribution in [2.45, 2.75) is 346 Å².